The number of carbonyl (C=O) groups is 1. The number of fused-ring (bicyclic) bond motifs is 2. The molecule has 2 bridgehead atoms. The van der Waals surface area contributed by atoms with Gasteiger partial charge in [-0.25, -0.2) is 0 Å². The van der Waals surface area contributed by atoms with Crippen LogP contribution in [-0.4, -0.2) is 29.4 Å². The van der Waals surface area contributed by atoms with Crippen molar-refractivity contribution < 1.29 is 14.6 Å². The zero-order valence-corrected chi connectivity index (χ0v) is 11.3. The lowest BCUT2D eigenvalue weighted by Crippen LogP contribution is -2.43. The number of ether oxygens (including phenoxy) is 1. The van der Waals surface area contributed by atoms with Crippen LogP contribution in [0.2, 0.25) is 0 Å². The fraction of sp³-hybridized carbons (Fsp3) is 0.562. The van der Waals surface area contributed by atoms with Gasteiger partial charge in [-0.1, -0.05) is 12.1 Å². The maximum Gasteiger partial charge on any atom is 0.233 e. The van der Waals surface area contributed by atoms with Crippen molar-refractivity contribution in [3.8, 4) is 0 Å². The summed E-state index contributed by atoms with van der Waals surface area (Å²) in [4.78, 5) is 14.6. The number of benzene rings is 1. The van der Waals surface area contributed by atoms with Crippen LogP contribution < -0.4 is 4.90 Å². The van der Waals surface area contributed by atoms with Gasteiger partial charge in [0.1, 0.15) is 6.23 Å². The van der Waals surface area contributed by atoms with E-state index in [9.17, 15) is 9.90 Å². The van der Waals surface area contributed by atoms with E-state index in [1.54, 1.807) is 0 Å². The van der Waals surface area contributed by atoms with E-state index in [-0.39, 0.29) is 30.1 Å². The standard InChI is InChI=1S/C16H17NO3/c1-7-3-2-4-8(5-7)17-15(19)11-9-6-10-12(11)16(17)20-14(10)13(9)18/h2-5,9-14,16,18H,6H2,1H3/t9-,10-,11-,12-,13+,14+,16-/m1/s1. The Morgan fingerprint density at radius 1 is 1.35 bits per heavy atom. The zero-order valence-electron chi connectivity index (χ0n) is 11.3. The van der Waals surface area contributed by atoms with E-state index in [2.05, 4.69) is 0 Å². The van der Waals surface area contributed by atoms with Crippen molar-refractivity contribution >= 4 is 11.6 Å². The minimum atomic E-state index is -0.435. The first-order chi connectivity index (χ1) is 9.66. The van der Waals surface area contributed by atoms with Crippen LogP contribution in [0.15, 0.2) is 24.3 Å². The number of aliphatic hydroxyl groups is 1. The van der Waals surface area contributed by atoms with Crippen LogP contribution in [0, 0.1) is 30.6 Å². The lowest BCUT2D eigenvalue weighted by atomic mass is 9.80. The lowest BCUT2D eigenvalue weighted by Gasteiger charge is -2.30. The number of hydrogen-bond donors (Lipinski definition) is 1. The predicted octanol–water partition coefficient (Wildman–Crippen LogP) is 1.31. The van der Waals surface area contributed by atoms with E-state index in [1.807, 2.05) is 36.1 Å². The van der Waals surface area contributed by atoms with Crippen molar-refractivity contribution in [3.63, 3.8) is 0 Å². The monoisotopic (exact) mass is 271 g/mol. The predicted molar refractivity (Wildman–Crippen MR) is 71.9 cm³/mol. The van der Waals surface area contributed by atoms with Gasteiger partial charge in [0.15, 0.2) is 0 Å². The van der Waals surface area contributed by atoms with Gasteiger partial charge in [-0.15, -0.1) is 0 Å². The van der Waals surface area contributed by atoms with Gasteiger partial charge in [0.2, 0.25) is 5.91 Å². The molecule has 1 aromatic carbocycles. The summed E-state index contributed by atoms with van der Waals surface area (Å²) in [6.45, 7) is 2.03. The van der Waals surface area contributed by atoms with Crippen molar-refractivity contribution in [1.29, 1.82) is 0 Å². The van der Waals surface area contributed by atoms with Crippen LogP contribution in [0.25, 0.3) is 0 Å². The highest BCUT2D eigenvalue weighted by Crippen LogP contribution is 2.63. The topological polar surface area (TPSA) is 49.8 Å². The minimum absolute atomic E-state index is 0.0285. The molecule has 1 N–H and O–H groups in total. The molecule has 4 heteroatoms. The Balaban J connectivity index is 1.61. The van der Waals surface area contributed by atoms with E-state index in [4.69, 9.17) is 4.74 Å². The van der Waals surface area contributed by atoms with Crippen molar-refractivity contribution in [3.05, 3.63) is 29.8 Å². The van der Waals surface area contributed by atoms with E-state index >= 15 is 0 Å². The molecule has 2 saturated heterocycles. The smallest absolute Gasteiger partial charge is 0.233 e. The summed E-state index contributed by atoms with van der Waals surface area (Å²) in [5.74, 6) is 0.905. The molecule has 20 heavy (non-hydrogen) atoms. The van der Waals surface area contributed by atoms with Gasteiger partial charge in [0.05, 0.1) is 18.1 Å². The van der Waals surface area contributed by atoms with Crippen molar-refractivity contribution in [2.75, 3.05) is 4.90 Å². The van der Waals surface area contributed by atoms with E-state index in [0.717, 1.165) is 17.7 Å². The molecule has 1 aromatic rings. The Labute approximate surface area is 117 Å². The number of aliphatic hydroxyl groups excluding tert-OH is 1. The van der Waals surface area contributed by atoms with Gasteiger partial charge in [-0.2, -0.15) is 0 Å². The van der Waals surface area contributed by atoms with E-state index < -0.39 is 6.10 Å². The van der Waals surface area contributed by atoms with Crippen LogP contribution in [0.3, 0.4) is 0 Å². The fourth-order valence-corrected chi connectivity index (χ4v) is 5.11. The number of amides is 1. The quantitative estimate of drug-likeness (QED) is 0.838. The summed E-state index contributed by atoms with van der Waals surface area (Å²) >= 11 is 0. The van der Waals surface area contributed by atoms with Gasteiger partial charge in [-0.3, -0.25) is 9.69 Å². The normalized spacial score (nSPS) is 47.6. The molecule has 0 aromatic heterocycles. The molecule has 0 spiro atoms. The van der Waals surface area contributed by atoms with Gasteiger partial charge < -0.3 is 9.84 Å². The summed E-state index contributed by atoms with van der Waals surface area (Å²) in [5.41, 5.74) is 2.08. The fourth-order valence-electron chi connectivity index (χ4n) is 5.11. The molecule has 2 aliphatic heterocycles. The summed E-state index contributed by atoms with van der Waals surface area (Å²) in [6.07, 6.45) is 0.318. The van der Waals surface area contributed by atoms with Gasteiger partial charge in [-0.05, 0) is 42.9 Å². The maximum absolute atomic E-state index is 12.8. The number of nitrogens with zero attached hydrogens (tertiary/aromatic N) is 1. The van der Waals surface area contributed by atoms with Crippen molar-refractivity contribution in [2.45, 2.75) is 31.8 Å². The molecule has 4 fully saturated rings. The summed E-state index contributed by atoms with van der Waals surface area (Å²) in [7, 11) is 0. The molecule has 0 radical (unpaired) electrons. The number of carbonyl (C=O) groups excluding carboxylic acids is 1. The molecule has 5 rings (SSSR count). The number of anilines is 1. The molecule has 1 amide bonds. The highest BCUT2D eigenvalue weighted by atomic mass is 16.5. The number of hydrogen-bond acceptors (Lipinski definition) is 3. The van der Waals surface area contributed by atoms with Crippen LogP contribution in [-0.2, 0) is 9.53 Å². The Morgan fingerprint density at radius 2 is 2.20 bits per heavy atom. The zero-order chi connectivity index (χ0) is 13.6. The molecule has 4 nitrogen and oxygen atoms in total. The molecular formula is C16H17NO3. The lowest BCUT2D eigenvalue weighted by molar-refractivity contribution is -0.128. The average molecular weight is 271 g/mol. The first kappa shape index (κ1) is 11.3. The first-order valence-corrected chi connectivity index (χ1v) is 7.40. The van der Waals surface area contributed by atoms with Gasteiger partial charge in [0, 0.05) is 11.6 Å². The van der Waals surface area contributed by atoms with Crippen molar-refractivity contribution in [1.82, 2.24) is 0 Å². The SMILES string of the molecule is Cc1cccc(N2C(=O)[C@@H]3[C@H]4C[C@H]5[C@H](O[C@@H]2[C@H]53)[C@H]4O)c1. The second-order valence-corrected chi connectivity index (χ2v) is 6.70. The third kappa shape index (κ3) is 1.10. The summed E-state index contributed by atoms with van der Waals surface area (Å²) in [6, 6.07) is 8.03. The third-order valence-electron chi connectivity index (χ3n) is 5.79. The molecule has 0 unspecified atom stereocenters. The highest BCUT2D eigenvalue weighted by Gasteiger charge is 2.72. The first-order valence-electron chi connectivity index (χ1n) is 7.40. The largest absolute Gasteiger partial charge is 0.390 e. The van der Waals surface area contributed by atoms with Crippen LogP contribution in [0.5, 0.6) is 0 Å². The second kappa shape index (κ2) is 3.43. The second-order valence-electron chi connectivity index (χ2n) is 6.70. The van der Waals surface area contributed by atoms with Crippen LogP contribution >= 0.6 is 0 Å². The Morgan fingerprint density at radius 3 is 3.00 bits per heavy atom. The summed E-state index contributed by atoms with van der Waals surface area (Å²) in [5, 5.41) is 10.3. The maximum atomic E-state index is 12.8. The highest BCUT2D eigenvalue weighted by molar-refractivity contribution is 5.99. The molecular weight excluding hydrogens is 254 g/mol. The van der Waals surface area contributed by atoms with E-state index in [1.165, 1.54) is 0 Å². The molecule has 2 saturated carbocycles. The molecule has 2 aliphatic carbocycles. The number of aryl methyl sites for hydroxylation is 1. The number of rotatable bonds is 1. The third-order valence-corrected chi connectivity index (χ3v) is 5.79. The average Bonchev–Trinajstić information content (AvgIpc) is 3.07. The Bertz CT molecular complexity index is 615. The van der Waals surface area contributed by atoms with E-state index in [0.29, 0.717) is 11.8 Å². The summed E-state index contributed by atoms with van der Waals surface area (Å²) < 4.78 is 6.07. The Hall–Kier alpha value is -1.39. The molecule has 7 atom stereocenters. The molecule has 104 valence electrons. The minimum Gasteiger partial charge on any atom is -0.390 e. The Kier molecular flexibility index (Phi) is 1.94. The van der Waals surface area contributed by atoms with Crippen molar-refractivity contribution in [2.24, 2.45) is 23.7 Å². The van der Waals surface area contributed by atoms with Gasteiger partial charge >= 0.3 is 0 Å². The van der Waals surface area contributed by atoms with Gasteiger partial charge in [0.25, 0.3) is 0 Å². The van der Waals surface area contributed by atoms with Crippen LogP contribution in [0.4, 0.5) is 5.69 Å². The molecule has 2 heterocycles. The van der Waals surface area contributed by atoms with Crippen LogP contribution in [0.1, 0.15) is 12.0 Å². The molecule has 4 aliphatic rings.